The average molecular weight is 290 g/mol. The fourth-order valence-corrected chi connectivity index (χ4v) is 2.04. The molecule has 2 rings (SSSR count). The largest absolute Gasteiger partial charge is 0.326 e. The lowest BCUT2D eigenvalue weighted by molar-refractivity contribution is 0.103. The van der Waals surface area contributed by atoms with E-state index in [2.05, 4.69) is 15.9 Å². The van der Waals surface area contributed by atoms with Gasteiger partial charge in [0, 0.05) is 22.1 Å². The number of benzene rings is 2. The minimum absolute atomic E-state index is 0.0154. The predicted molar refractivity (Wildman–Crippen MR) is 71.9 cm³/mol. The van der Waals surface area contributed by atoms with Crippen molar-refractivity contribution in [2.45, 2.75) is 6.54 Å². The van der Waals surface area contributed by atoms with E-state index in [-0.39, 0.29) is 5.78 Å². The number of ketones is 1. The second kappa shape index (κ2) is 5.25. The highest BCUT2D eigenvalue weighted by molar-refractivity contribution is 9.10. The summed E-state index contributed by atoms with van der Waals surface area (Å²) in [6.45, 7) is 0.444. The van der Waals surface area contributed by atoms with Crippen LogP contribution in [0.25, 0.3) is 0 Å². The number of hydrogen-bond donors (Lipinski definition) is 1. The van der Waals surface area contributed by atoms with E-state index >= 15 is 0 Å². The Labute approximate surface area is 109 Å². The number of hydrogen-bond acceptors (Lipinski definition) is 2. The lowest BCUT2D eigenvalue weighted by atomic mass is 10.0. The summed E-state index contributed by atoms with van der Waals surface area (Å²) in [6.07, 6.45) is 0. The molecule has 0 radical (unpaired) electrons. The first-order valence-corrected chi connectivity index (χ1v) is 6.09. The minimum Gasteiger partial charge on any atom is -0.326 e. The highest BCUT2D eigenvalue weighted by Gasteiger charge is 2.09. The molecule has 0 fully saturated rings. The number of nitrogens with two attached hydrogens (primary N) is 1. The van der Waals surface area contributed by atoms with Gasteiger partial charge in [0.15, 0.2) is 5.78 Å². The summed E-state index contributed by atoms with van der Waals surface area (Å²) in [5.41, 5.74) is 7.87. The molecule has 2 N–H and O–H groups in total. The molecule has 0 heterocycles. The zero-order valence-corrected chi connectivity index (χ0v) is 10.8. The lowest BCUT2D eigenvalue weighted by Gasteiger charge is -2.03. The molecule has 0 spiro atoms. The Bertz CT molecular complexity index is 551. The Morgan fingerprint density at radius 3 is 2.35 bits per heavy atom. The Morgan fingerprint density at radius 1 is 1.06 bits per heavy atom. The van der Waals surface area contributed by atoms with Crippen molar-refractivity contribution in [1.82, 2.24) is 0 Å². The monoisotopic (exact) mass is 289 g/mol. The predicted octanol–water partition coefficient (Wildman–Crippen LogP) is 3.14. The van der Waals surface area contributed by atoms with Gasteiger partial charge in [-0.1, -0.05) is 46.3 Å². The second-order valence-electron chi connectivity index (χ2n) is 3.74. The molecule has 0 bridgehead atoms. The van der Waals surface area contributed by atoms with Crippen molar-refractivity contribution < 1.29 is 4.79 Å². The molecular formula is C14H12BrNO. The van der Waals surface area contributed by atoms with E-state index in [1.165, 1.54) is 0 Å². The first-order valence-electron chi connectivity index (χ1n) is 5.30. The van der Waals surface area contributed by atoms with Crippen LogP contribution >= 0.6 is 15.9 Å². The summed E-state index contributed by atoms with van der Waals surface area (Å²) in [5, 5.41) is 0. The van der Waals surface area contributed by atoms with Gasteiger partial charge in [0.05, 0.1) is 0 Å². The van der Waals surface area contributed by atoms with Gasteiger partial charge < -0.3 is 5.73 Å². The van der Waals surface area contributed by atoms with E-state index in [9.17, 15) is 4.79 Å². The van der Waals surface area contributed by atoms with Crippen LogP contribution in [0.3, 0.4) is 0 Å². The first-order chi connectivity index (χ1) is 8.20. The van der Waals surface area contributed by atoms with Crippen molar-refractivity contribution in [3.8, 4) is 0 Å². The van der Waals surface area contributed by atoms with Gasteiger partial charge in [0.25, 0.3) is 0 Å². The third-order valence-electron chi connectivity index (χ3n) is 2.51. The molecule has 0 atom stereocenters. The van der Waals surface area contributed by atoms with Gasteiger partial charge in [-0.2, -0.15) is 0 Å². The van der Waals surface area contributed by atoms with Crippen molar-refractivity contribution in [2.24, 2.45) is 5.73 Å². The van der Waals surface area contributed by atoms with Gasteiger partial charge in [-0.15, -0.1) is 0 Å². The zero-order chi connectivity index (χ0) is 12.3. The second-order valence-corrected chi connectivity index (χ2v) is 4.66. The molecule has 0 aliphatic carbocycles. The summed E-state index contributed by atoms with van der Waals surface area (Å²) in [5.74, 6) is 0.0154. The van der Waals surface area contributed by atoms with Crippen LogP contribution in [-0.4, -0.2) is 5.78 Å². The Morgan fingerprint density at radius 2 is 1.71 bits per heavy atom. The maximum Gasteiger partial charge on any atom is 0.193 e. The summed E-state index contributed by atoms with van der Waals surface area (Å²) in [6, 6.07) is 14.8. The molecule has 2 aromatic rings. The van der Waals surface area contributed by atoms with Crippen LogP contribution in [-0.2, 0) is 6.54 Å². The van der Waals surface area contributed by atoms with E-state index in [0.717, 1.165) is 10.0 Å². The van der Waals surface area contributed by atoms with Gasteiger partial charge in [-0.25, -0.2) is 0 Å². The van der Waals surface area contributed by atoms with Crippen molar-refractivity contribution in [2.75, 3.05) is 0 Å². The summed E-state index contributed by atoms with van der Waals surface area (Å²) in [7, 11) is 0. The number of halogens is 1. The summed E-state index contributed by atoms with van der Waals surface area (Å²) in [4.78, 5) is 12.2. The van der Waals surface area contributed by atoms with Crippen molar-refractivity contribution >= 4 is 21.7 Å². The fourth-order valence-electron chi connectivity index (χ4n) is 1.64. The van der Waals surface area contributed by atoms with Crippen molar-refractivity contribution in [1.29, 1.82) is 0 Å². The molecule has 86 valence electrons. The van der Waals surface area contributed by atoms with Crippen LogP contribution in [0.4, 0.5) is 0 Å². The summed E-state index contributed by atoms with van der Waals surface area (Å²) >= 11 is 3.36. The van der Waals surface area contributed by atoms with E-state index in [1.54, 1.807) is 0 Å². The molecule has 2 nitrogen and oxygen atoms in total. The van der Waals surface area contributed by atoms with Crippen LogP contribution in [0.5, 0.6) is 0 Å². The standard InChI is InChI=1S/C14H12BrNO/c15-13-6-2-5-12(8-13)14(17)11-4-1-3-10(7-11)9-16/h1-8H,9,16H2. The van der Waals surface area contributed by atoms with Crippen molar-refractivity contribution in [3.05, 3.63) is 69.7 Å². The van der Waals surface area contributed by atoms with Crippen LogP contribution in [0, 0.1) is 0 Å². The average Bonchev–Trinajstić information content (AvgIpc) is 2.38. The molecule has 3 heteroatoms. The molecule has 0 aromatic heterocycles. The SMILES string of the molecule is NCc1cccc(C(=O)c2cccc(Br)c2)c1. The minimum atomic E-state index is 0.0154. The molecule has 0 saturated carbocycles. The van der Waals surface area contributed by atoms with Crippen LogP contribution < -0.4 is 5.73 Å². The van der Waals surface area contributed by atoms with E-state index in [4.69, 9.17) is 5.73 Å². The molecule has 0 aliphatic heterocycles. The van der Waals surface area contributed by atoms with Gasteiger partial charge in [0.2, 0.25) is 0 Å². The van der Waals surface area contributed by atoms with Gasteiger partial charge in [-0.05, 0) is 23.8 Å². The smallest absolute Gasteiger partial charge is 0.193 e. The molecular weight excluding hydrogens is 278 g/mol. The Balaban J connectivity index is 2.36. The van der Waals surface area contributed by atoms with Crippen molar-refractivity contribution in [3.63, 3.8) is 0 Å². The highest BCUT2D eigenvalue weighted by Crippen LogP contribution is 2.16. The Hall–Kier alpha value is -1.45. The van der Waals surface area contributed by atoms with Crippen LogP contribution in [0.15, 0.2) is 53.0 Å². The zero-order valence-electron chi connectivity index (χ0n) is 9.19. The molecule has 0 saturated heterocycles. The highest BCUT2D eigenvalue weighted by atomic mass is 79.9. The molecule has 2 aromatic carbocycles. The fraction of sp³-hybridized carbons (Fsp3) is 0.0714. The van der Waals surface area contributed by atoms with Gasteiger partial charge in [0.1, 0.15) is 0 Å². The lowest BCUT2D eigenvalue weighted by Crippen LogP contribution is -2.03. The molecule has 0 aliphatic rings. The van der Waals surface area contributed by atoms with E-state index < -0.39 is 0 Å². The maximum atomic E-state index is 12.2. The molecule has 17 heavy (non-hydrogen) atoms. The maximum absolute atomic E-state index is 12.2. The van der Waals surface area contributed by atoms with Gasteiger partial charge >= 0.3 is 0 Å². The number of carbonyl (C=O) groups excluding carboxylic acids is 1. The first kappa shape index (κ1) is 12.0. The van der Waals surface area contributed by atoms with Crippen LogP contribution in [0.1, 0.15) is 21.5 Å². The third-order valence-corrected chi connectivity index (χ3v) is 3.00. The normalized spacial score (nSPS) is 10.2. The third kappa shape index (κ3) is 2.81. The molecule has 0 unspecified atom stereocenters. The summed E-state index contributed by atoms with van der Waals surface area (Å²) < 4.78 is 0.901. The van der Waals surface area contributed by atoms with Crippen LogP contribution in [0.2, 0.25) is 0 Å². The number of rotatable bonds is 3. The quantitative estimate of drug-likeness (QED) is 0.882. The Kier molecular flexibility index (Phi) is 3.71. The van der Waals surface area contributed by atoms with E-state index in [1.807, 2.05) is 48.5 Å². The number of carbonyl (C=O) groups is 1. The van der Waals surface area contributed by atoms with E-state index in [0.29, 0.717) is 17.7 Å². The topological polar surface area (TPSA) is 43.1 Å². The molecule has 0 amide bonds. The van der Waals surface area contributed by atoms with Gasteiger partial charge in [-0.3, -0.25) is 4.79 Å².